The van der Waals surface area contributed by atoms with Gasteiger partial charge in [0.05, 0.1) is 5.92 Å². The van der Waals surface area contributed by atoms with Gasteiger partial charge < -0.3 is 10.4 Å². The molecule has 106 valence electrons. The van der Waals surface area contributed by atoms with E-state index in [1.165, 1.54) is 25.7 Å². The van der Waals surface area contributed by atoms with Crippen LogP contribution in [0.25, 0.3) is 0 Å². The minimum Gasteiger partial charge on any atom is -0.481 e. The number of aliphatic carboxylic acids is 1. The molecule has 3 aliphatic carbocycles. The average Bonchev–Trinajstić information content (AvgIpc) is 3.13. The third kappa shape index (κ3) is 2.63. The van der Waals surface area contributed by atoms with Gasteiger partial charge in [0.25, 0.3) is 0 Å². The van der Waals surface area contributed by atoms with E-state index in [-0.39, 0.29) is 23.8 Å². The first-order valence-electron chi connectivity index (χ1n) is 7.70. The van der Waals surface area contributed by atoms with Crippen molar-refractivity contribution < 1.29 is 14.7 Å². The van der Waals surface area contributed by atoms with Gasteiger partial charge >= 0.3 is 5.97 Å². The van der Waals surface area contributed by atoms with Crippen molar-refractivity contribution in [2.75, 3.05) is 0 Å². The molecule has 1 amide bonds. The Balaban J connectivity index is 1.51. The molecule has 0 saturated heterocycles. The minimum absolute atomic E-state index is 0.0880. The Kier molecular flexibility index (Phi) is 3.50. The van der Waals surface area contributed by atoms with Crippen molar-refractivity contribution in [3.63, 3.8) is 0 Å². The van der Waals surface area contributed by atoms with Crippen LogP contribution in [0, 0.1) is 23.7 Å². The van der Waals surface area contributed by atoms with E-state index in [9.17, 15) is 9.59 Å². The van der Waals surface area contributed by atoms with E-state index < -0.39 is 5.97 Å². The highest BCUT2D eigenvalue weighted by Crippen LogP contribution is 2.55. The standard InChI is InChI=1S/C15H23NO3/c17-14(13-11-6-1-2-7-12(11)13)16-10-5-3-4-9(8-10)15(18)19/h9-13H,1-8H2,(H,16,17)(H,18,19). The quantitative estimate of drug-likeness (QED) is 0.822. The van der Waals surface area contributed by atoms with Crippen molar-refractivity contribution in [2.45, 2.75) is 57.4 Å². The lowest BCUT2D eigenvalue weighted by Crippen LogP contribution is -2.41. The zero-order chi connectivity index (χ0) is 13.4. The second kappa shape index (κ2) is 5.14. The number of carboxylic acids is 1. The molecule has 19 heavy (non-hydrogen) atoms. The number of carboxylic acid groups (broad SMARTS) is 1. The Bertz CT molecular complexity index is 370. The molecular weight excluding hydrogens is 242 g/mol. The first kappa shape index (κ1) is 12.9. The average molecular weight is 265 g/mol. The van der Waals surface area contributed by atoms with Crippen LogP contribution in [0.2, 0.25) is 0 Å². The molecule has 2 N–H and O–H groups in total. The summed E-state index contributed by atoms with van der Waals surface area (Å²) in [6.07, 6.45) is 8.21. The summed E-state index contributed by atoms with van der Waals surface area (Å²) in [5.41, 5.74) is 0. The van der Waals surface area contributed by atoms with Crippen molar-refractivity contribution in [2.24, 2.45) is 23.7 Å². The molecule has 0 aromatic carbocycles. The maximum Gasteiger partial charge on any atom is 0.306 e. The summed E-state index contributed by atoms with van der Waals surface area (Å²) >= 11 is 0. The largest absolute Gasteiger partial charge is 0.481 e. The molecule has 0 bridgehead atoms. The summed E-state index contributed by atoms with van der Waals surface area (Å²) in [5, 5.41) is 12.2. The maximum absolute atomic E-state index is 12.3. The fourth-order valence-corrected chi connectivity index (χ4v) is 4.22. The van der Waals surface area contributed by atoms with Crippen LogP contribution in [0.3, 0.4) is 0 Å². The van der Waals surface area contributed by atoms with Gasteiger partial charge in [-0.25, -0.2) is 0 Å². The summed E-state index contributed by atoms with van der Waals surface area (Å²) in [7, 11) is 0. The topological polar surface area (TPSA) is 66.4 Å². The number of hydrogen-bond donors (Lipinski definition) is 2. The lowest BCUT2D eigenvalue weighted by molar-refractivity contribution is -0.143. The normalized spacial score (nSPS) is 41.2. The number of nitrogens with one attached hydrogen (secondary N) is 1. The van der Waals surface area contributed by atoms with Gasteiger partial charge in [0.15, 0.2) is 0 Å². The number of carbonyl (C=O) groups excluding carboxylic acids is 1. The van der Waals surface area contributed by atoms with Gasteiger partial charge in [0.2, 0.25) is 5.91 Å². The second-order valence-electron chi connectivity index (χ2n) is 6.55. The number of fused-ring (bicyclic) bond motifs is 1. The van der Waals surface area contributed by atoms with E-state index in [0.717, 1.165) is 19.3 Å². The molecule has 0 spiro atoms. The van der Waals surface area contributed by atoms with E-state index in [0.29, 0.717) is 18.3 Å². The van der Waals surface area contributed by atoms with E-state index in [1.807, 2.05) is 0 Å². The molecule has 3 fully saturated rings. The third-order valence-electron chi connectivity index (χ3n) is 5.33. The van der Waals surface area contributed by atoms with Crippen LogP contribution in [0.5, 0.6) is 0 Å². The predicted octanol–water partition coefficient (Wildman–Crippen LogP) is 2.18. The van der Waals surface area contributed by atoms with Crippen LogP contribution >= 0.6 is 0 Å². The number of rotatable bonds is 3. The molecule has 4 heteroatoms. The van der Waals surface area contributed by atoms with E-state index in [4.69, 9.17) is 5.11 Å². The predicted molar refractivity (Wildman–Crippen MR) is 70.5 cm³/mol. The van der Waals surface area contributed by atoms with Crippen LogP contribution in [0.15, 0.2) is 0 Å². The first-order valence-corrected chi connectivity index (χ1v) is 7.70. The lowest BCUT2D eigenvalue weighted by Gasteiger charge is -2.27. The Morgan fingerprint density at radius 2 is 1.63 bits per heavy atom. The third-order valence-corrected chi connectivity index (χ3v) is 5.33. The zero-order valence-corrected chi connectivity index (χ0v) is 11.3. The Morgan fingerprint density at radius 1 is 0.947 bits per heavy atom. The van der Waals surface area contributed by atoms with Crippen molar-refractivity contribution >= 4 is 11.9 Å². The molecule has 0 radical (unpaired) electrons. The van der Waals surface area contributed by atoms with Gasteiger partial charge in [0, 0.05) is 12.0 Å². The van der Waals surface area contributed by atoms with Gasteiger partial charge in [-0.3, -0.25) is 9.59 Å². The molecule has 0 aromatic heterocycles. The summed E-state index contributed by atoms with van der Waals surface area (Å²) in [5.74, 6) is 0.737. The van der Waals surface area contributed by atoms with Crippen molar-refractivity contribution in [1.82, 2.24) is 5.32 Å². The Labute approximate surface area is 113 Å². The van der Waals surface area contributed by atoms with Crippen LogP contribution in [0.1, 0.15) is 51.4 Å². The monoisotopic (exact) mass is 265 g/mol. The van der Waals surface area contributed by atoms with Gasteiger partial charge in [-0.15, -0.1) is 0 Å². The number of carbonyl (C=O) groups is 2. The van der Waals surface area contributed by atoms with Crippen LogP contribution in [-0.4, -0.2) is 23.0 Å². The molecule has 4 unspecified atom stereocenters. The van der Waals surface area contributed by atoms with Crippen LogP contribution in [0.4, 0.5) is 0 Å². The number of amides is 1. The lowest BCUT2D eigenvalue weighted by atomic mass is 9.85. The highest BCUT2D eigenvalue weighted by molar-refractivity contribution is 5.82. The van der Waals surface area contributed by atoms with Gasteiger partial charge in [-0.1, -0.05) is 19.3 Å². The van der Waals surface area contributed by atoms with Gasteiger partial charge in [-0.2, -0.15) is 0 Å². The fourth-order valence-electron chi connectivity index (χ4n) is 4.22. The Morgan fingerprint density at radius 3 is 2.26 bits per heavy atom. The molecule has 0 aliphatic heterocycles. The summed E-state index contributed by atoms with van der Waals surface area (Å²) < 4.78 is 0. The van der Waals surface area contributed by atoms with E-state index >= 15 is 0 Å². The van der Waals surface area contributed by atoms with Crippen LogP contribution in [-0.2, 0) is 9.59 Å². The zero-order valence-electron chi connectivity index (χ0n) is 11.3. The number of hydrogen-bond acceptors (Lipinski definition) is 2. The van der Waals surface area contributed by atoms with Crippen molar-refractivity contribution in [3.05, 3.63) is 0 Å². The minimum atomic E-state index is -0.709. The highest BCUT2D eigenvalue weighted by atomic mass is 16.4. The van der Waals surface area contributed by atoms with E-state index in [2.05, 4.69) is 5.32 Å². The van der Waals surface area contributed by atoms with Gasteiger partial charge in [0.1, 0.15) is 0 Å². The molecule has 3 aliphatic rings. The highest BCUT2D eigenvalue weighted by Gasteiger charge is 2.54. The molecule has 3 saturated carbocycles. The van der Waals surface area contributed by atoms with Crippen molar-refractivity contribution in [3.8, 4) is 0 Å². The molecule has 0 heterocycles. The summed E-state index contributed by atoms with van der Waals surface area (Å²) in [6, 6.07) is 0.0880. The fraction of sp³-hybridized carbons (Fsp3) is 0.867. The smallest absolute Gasteiger partial charge is 0.306 e. The SMILES string of the molecule is O=C(O)C1CCCC(NC(=O)C2C3CCCCC32)C1. The Hall–Kier alpha value is -1.06. The molecule has 4 nitrogen and oxygen atoms in total. The molecule has 3 rings (SSSR count). The summed E-state index contributed by atoms with van der Waals surface area (Å²) in [4.78, 5) is 23.3. The first-order chi connectivity index (χ1) is 9.16. The molecule has 4 atom stereocenters. The van der Waals surface area contributed by atoms with Crippen molar-refractivity contribution in [1.29, 1.82) is 0 Å². The summed E-state index contributed by atoms with van der Waals surface area (Å²) in [6.45, 7) is 0. The van der Waals surface area contributed by atoms with Gasteiger partial charge in [-0.05, 0) is 43.9 Å². The molecule has 0 aromatic rings. The maximum atomic E-state index is 12.3. The second-order valence-corrected chi connectivity index (χ2v) is 6.55. The molecular formula is C15H23NO3. The van der Waals surface area contributed by atoms with E-state index in [1.54, 1.807) is 0 Å². The van der Waals surface area contributed by atoms with Crippen LogP contribution < -0.4 is 5.32 Å².